The number of anilines is 1. The molecule has 3 aromatic rings. The van der Waals surface area contributed by atoms with E-state index in [4.69, 9.17) is 0 Å². The van der Waals surface area contributed by atoms with Crippen LogP contribution in [0.2, 0.25) is 0 Å². The zero-order valence-electron chi connectivity index (χ0n) is 14.9. The molecule has 3 heterocycles. The van der Waals surface area contributed by atoms with E-state index >= 15 is 0 Å². The molecule has 0 aliphatic carbocycles. The lowest BCUT2D eigenvalue weighted by atomic mass is 9.95. The van der Waals surface area contributed by atoms with E-state index in [1.54, 1.807) is 29.4 Å². The van der Waals surface area contributed by atoms with Crippen LogP contribution in [0, 0.1) is 11.7 Å². The fraction of sp³-hybridized carbons (Fsp3) is 0.250. The summed E-state index contributed by atoms with van der Waals surface area (Å²) in [6.07, 6.45) is 4.07. The lowest BCUT2D eigenvalue weighted by Gasteiger charge is -2.26. The Morgan fingerprint density at radius 3 is 2.67 bits per heavy atom. The van der Waals surface area contributed by atoms with E-state index in [0.29, 0.717) is 17.3 Å². The molecule has 1 aliphatic rings. The number of amides is 1. The van der Waals surface area contributed by atoms with Gasteiger partial charge >= 0.3 is 0 Å². The molecule has 1 aromatic carbocycles. The van der Waals surface area contributed by atoms with Gasteiger partial charge in [0.25, 0.3) is 5.91 Å². The van der Waals surface area contributed by atoms with E-state index in [9.17, 15) is 9.18 Å². The van der Waals surface area contributed by atoms with Gasteiger partial charge in [0.15, 0.2) is 0 Å². The summed E-state index contributed by atoms with van der Waals surface area (Å²) >= 11 is 3.42. The van der Waals surface area contributed by atoms with Crippen molar-refractivity contribution in [2.24, 2.45) is 5.92 Å². The molecule has 0 saturated heterocycles. The van der Waals surface area contributed by atoms with Crippen LogP contribution in [-0.2, 0) is 6.42 Å². The van der Waals surface area contributed by atoms with Crippen molar-refractivity contribution in [2.75, 3.05) is 4.90 Å². The van der Waals surface area contributed by atoms with Crippen LogP contribution in [0.25, 0.3) is 0 Å². The number of pyridine rings is 1. The van der Waals surface area contributed by atoms with E-state index in [1.165, 1.54) is 12.1 Å². The molecule has 1 unspecified atom stereocenters. The van der Waals surface area contributed by atoms with Crippen LogP contribution in [0.5, 0.6) is 0 Å². The number of carbonyl (C=O) groups excluding carboxylic acids is 1. The van der Waals surface area contributed by atoms with Crippen molar-refractivity contribution in [3.8, 4) is 0 Å². The van der Waals surface area contributed by atoms with Gasteiger partial charge in [-0.25, -0.2) is 4.39 Å². The molecule has 1 N–H and O–H groups in total. The first kappa shape index (κ1) is 17.9. The molecule has 0 fully saturated rings. The SMILES string of the molecule is CC(C)Cc1n[nH]c2c1C(c1ccc(F)cc1)N(c1cncc(Br)c1)C2=O. The number of rotatable bonds is 4. The van der Waals surface area contributed by atoms with E-state index < -0.39 is 0 Å². The van der Waals surface area contributed by atoms with Gasteiger partial charge in [-0.3, -0.25) is 19.8 Å². The fourth-order valence-corrected chi connectivity index (χ4v) is 3.87. The zero-order valence-corrected chi connectivity index (χ0v) is 16.5. The third-order valence-corrected chi connectivity index (χ3v) is 5.04. The minimum Gasteiger partial charge on any atom is -0.294 e. The summed E-state index contributed by atoms with van der Waals surface area (Å²) in [5.41, 5.74) is 3.71. The highest BCUT2D eigenvalue weighted by atomic mass is 79.9. The molecule has 1 atom stereocenters. The van der Waals surface area contributed by atoms with Gasteiger partial charge in [-0.2, -0.15) is 5.10 Å². The molecule has 4 rings (SSSR count). The van der Waals surface area contributed by atoms with Crippen molar-refractivity contribution < 1.29 is 9.18 Å². The maximum atomic E-state index is 13.5. The van der Waals surface area contributed by atoms with Crippen molar-refractivity contribution in [1.82, 2.24) is 15.2 Å². The largest absolute Gasteiger partial charge is 0.294 e. The Bertz CT molecular complexity index is 999. The molecule has 0 spiro atoms. The molecule has 138 valence electrons. The van der Waals surface area contributed by atoms with Gasteiger partial charge in [0, 0.05) is 16.2 Å². The molecule has 0 bridgehead atoms. The number of halogens is 2. The average Bonchev–Trinajstić information content (AvgIpc) is 3.15. The van der Waals surface area contributed by atoms with E-state index in [1.807, 2.05) is 6.07 Å². The highest BCUT2D eigenvalue weighted by Crippen LogP contribution is 2.43. The maximum Gasteiger partial charge on any atom is 0.277 e. The smallest absolute Gasteiger partial charge is 0.277 e. The second-order valence-electron chi connectivity index (χ2n) is 7.05. The van der Waals surface area contributed by atoms with Gasteiger partial charge in [-0.05, 0) is 52.0 Å². The molecule has 2 aromatic heterocycles. The molecule has 0 saturated carbocycles. The molecule has 1 aliphatic heterocycles. The van der Waals surface area contributed by atoms with Gasteiger partial charge in [0.05, 0.1) is 23.6 Å². The summed E-state index contributed by atoms with van der Waals surface area (Å²) in [7, 11) is 0. The summed E-state index contributed by atoms with van der Waals surface area (Å²) < 4.78 is 14.3. The monoisotopic (exact) mass is 428 g/mol. The number of fused-ring (bicyclic) bond motifs is 1. The van der Waals surface area contributed by atoms with Crippen molar-refractivity contribution in [2.45, 2.75) is 26.3 Å². The van der Waals surface area contributed by atoms with Crippen LogP contribution in [0.4, 0.5) is 10.1 Å². The summed E-state index contributed by atoms with van der Waals surface area (Å²) in [6, 6.07) is 7.73. The van der Waals surface area contributed by atoms with Crippen LogP contribution < -0.4 is 4.90 Å². The Hall–Kier alpha value is -2.54. The molecule has 0 radical (unpaired) electrons. The molecular formula is C20H18BrFN4O. The first-order valence-corrected chi connectivity index (χ1v) is 9.51. The third-order valence-electron chi connectivity index (χ3n) is 4.60. The minimum atomic E-state index is -0.378. The topological polar surface area (TPSA) is 61.9 Å². The van der Waals surface area contributed by atoms with Crippen LogP contribution in [0.15, 0.2) is 47.2 Å². The predicted molar refractivity (Wildman–Crippen MR) is 104 cm³/mol. The van der Waals surface area contributed by atoms with Crippen molar-refractivity contribution in [3.05, 3.63) is 75.5 Å². The maximum absolute atomic E-state index is 13.5. The van der Waals surface area contributed by atoms with Crippen molar-refractivity contribution >= 4 is 27.5 Å². The zero-order chi connectivity index (χ0) is 19.1. The summed E-state index contributed by atoms with van der Waals surface area (Å²) in [6.45, 7) is 4.22. The molecule has 7 heteroatoms. The molecule has 5 nitrogen and oxygen atoms in total. The Kier molecular flexibility index (Phi) is 4.55. The lowest BCUT2D eigenvalue weighted by molar-refractivity contribution is 0.0988. The Balaban J connectivity index is 1.89. The number of nitrogens with one attached hydrogen (secondary N) is 1. The van der Waals surface area contributed by atoms with Gasteiger partial charge in [-0.15, -0.1) is 0 Å². The molecule has 1 amide bonds. The van der Waals surface area contributed by atoms with Gasteiger partial charge in [0.1, 0.15) is 11.5 Å². The fourth-order valence-electron chi connectivity index (χ4n) is 3.51. The van der Waals surface area contributed by atoms with E-state index in [2.05, 4.69) is 45.0 Å². The highest BCUT2D eigenvalue weighted by Gasteiger charge is 2.42. The number of aromatic amines is 1. The lowest BCUT2D eigenvalue weighted by Crippen LogP contribution is -2.29. The van der Waals surface area contributed by atoms with E-state index in [0.717, 1.165) is 27.7 Å². The number of H-pyrrole nitrogens is 1. The second kappa shape index (κ2) is 6.88. The van der Waals surface area contributed by atoms with E-state index in [-0.39, 0.29) is 17.8 Å². The summed E-state index contributed by atoms with van der Waals surface area (Å²) in [5.74, 6) is -0.0849. The Morgan fingerprint density at radius 2 is 2.00 bits per heavy atom. The summed E-state index contributed by atoms with van der Waals surface area (Å²) in [5, 5.41) is 7.32. The number of nitrogens with zero attached hydrogens (tertiary/aromatic N) is 3. The van der Waals surface area contributed by atoms with Gasteiger partial charge in [0.2, 0.25) is 0 Å². The summed E-state index contributed by atoms with van der Waals surface area (Å²) in [4.78, 5) is 19.1. The number of carbonyl (C=O) groups is 1. The average molecular weight is 429 g/mol. The van der Waals surface area contributed by atoms with Gasteiger partial charge < -0.3 is 0 Å². The van der Waals surface area contributed by atoms with Crippen molar-refractivity contribution in [3.63, 3.8) is 0 Å². The van der Waals surface area contributed by atoms with Crippen LogP contribution in [0.3, 0.4) is 0 Å². The number of aromatic nitrogens is 3. The number of hydrogen-bond acceptors (Lipinski definition) is 3. The Labute approximate surface area is 164 Å². The van der Waals surface area contributed by atoms with Crippen LogP contribution >= 0.6 is 15.9 Å². The predicted octanol–water partition coefficient (Wildman–Crippen LogP) is 4.65. The highest BCUT2D eigenvalue weighted by molar-refractivity contribution is 9.10. The molecule has 27 heavy (non-hydrogen) atoms. The standard InChI is InChI=1S/C20H18BrFN4O/c1-11(2)7-16-17-18(25-24-16)20(27)26(15-8-13(21)9-23-10-15)19(17)12-3-5-14(22)6-4-12/h3-6,8-11,19H,7H2,1-2H3,(H,24,25). The first-order valence-electron chi connectivity index (χ1n) is 8.72. The van der Waals surface area contributed by atoms with Crippen LogP contribution in [0.1, 0.15) is 47.2 Å². The third kappa shape index (κ3) is 3.16. The number of benzene rings is 1. The van der Waals surface area contributed by atoms with Crippen LogP contribution in [-0.4, -0.2) is 21.1 Å². The minimum absolute atomic E-state index is 0.165. The number of hydrogen-bond donors (Lipinski definition) is 1. The second-order valence-corrected chi connectivity index (χ2v) is 7.96. The molecular weight excluding hydrogens is 411 g/mol. The Morgan fingerprint density at radius 1 is 1.26 bits per heavy atom. The first-order chi connectivity index (χ1) is 13.0. The van der Waals surface area contributed by atoms with Gasteiger partial charge in [-0.1, -0.05) is 26.0 Å². The normalized spacial score (nSPS) is 16.3. The quantitative estimate of drug-likeness (QED) is 0.657. The van der Waals surface area contributed by atoms with Crippen molar-refractivity contribution in [1.29, 1.82) is 0 Å².